The Kier molecular flexibility index (Phi) is 13.9. The summed E-state index contributed by atoms with van der Waals surface area (Å²) in [6.45, 7) is 4.34. The van der Waals surface area contributed by atoms with Gasteiger partial charge in [0, 0.05) is 0 Å². The van der Waals surface area contributed by atoms with E-state index in [1.165, 1.54) is 0 Å². The Bertz CT molecular complexity index is 310. The number of hydrogen-bond acceptors (Lipinski definition) is 4. The van der Waals surface area contributed by atoms with Gasteiger partial charge in [-0.2, -0.15) is 9.68 Å². The van der Waals surface area contributed by atoms with Gasteiger partial charge < -0.3 is 17.3 Å². The molecule has 0 fully saturated rings. The van der Waals surface area contributed by atoms with Crippen LogP contribution in [0.2, 0.25) is 0 Å². The number of diazo groups is 1. The third kappa shape index (κ3) is 25.1. The zero-order chi connectivity index (χ0) is 15.9. The van der Waals surface area contributed by atoms with Crippen molar-refractivity contribution in [1.82, 2.24) is 5.34 Å². The number of hydrogen-bond donors (Lipinski definition) is 0. The second kappa shape index (κ2) is 13.6. The molecule has 1 aromatic carbocycles. The van der Waals surface area contributed by atoms with E-state index >= 15 is 0 Å². The Labute approximate surface area is 114 Å². The monoisotopic (exact) mass is 297 g/mol. The maximum atomic E-state index is 9.75. The zero-order valence-corrected chi connectivity index (χ0v) is 11.1. The first kappa shape index (κ1) is 20.5. The highest BCUT2D eigenvalue weighted by atomic mass is 19.5. The van der Waals surface area contributed by atoms with Crippen LogP contribution in [0.4, 0.5) is 17.3 Å². The summed E-state index contributed by atoms with van der Waals surface area (Å²) in [5.41, 5.74) is 0. The molecule has 1 rings (SSSR count). The third-order valence-corrected chi connectivity index (χ3v) is 1.22. The fraction of sp³-hybridized carbons (Fsp3) is 0.400. The molecule has 0 aliphatic rings. The molecule has 0 atom stereocenters. The van der Waals surface area contributed by atoms with Crippen molar-refractivity contribution in [1.29, 1.82) is 5.39 Å². The van der Waals surface area contributed by atoms with Gasteiger partial charge in [0.05, 0.1) is 13.2 Å². The van der Waals surface area contributed by atoms with Crippen molar-refractivity contribution in [2.45, 2.75) is 13.8 Å². The molecule has 0 aliphatic carbocycles. The van der Waals surface area contributed by atoms with E-state index in [2.05, 4.69) is 14.8 Å². The number of halogens is 4. The van der Waals surface area contributed by atoms with Gasteiger partial charge in [-0.25, -0.2) is 0 Å². The van der Waals surface area contributed by atoms with Gasteiger partial charge in [-0.3, -0.25) is 0 Å². The van der Waals surface area contributed by atoms with E-state index in [0.29, 0.717) is 18.5 Å². The number of benzene rings is 1. The zero-order valence-electron chi connectivity index (χ0n) is 11.1. The minimum atomic E-state index is -6.00. The van der Waals surface area contributed by atoms with Crippen molar-refractivity contribution in [3.05, 3.63) is 41.5 Å². The number of nitrogens with zero attached hydrogens (tertiary/aromatic N) is 3. The molecule has 114 valence electrons. The Morgan fingerprint density at radius 2 is 1.15 bits per heavy atom. The van der Waals surface area contributed by atoms with Gasteiger partial charge in [-0.15, -0.1) is 0 Å². The molecule has 1 aromatic rings. The average Bonchev–Trinajstić information content (AvgIpc) is 2.39. The lowest BCUT2D eigenvalue weighted by Gasteiger charge is -1.96. The summed E-state index contributed by atoms with van der Waals surface area (Å²) in [7, 11) is -6.00. The van der Waals surface area contributed by atoms with Crippen LogP contribution >= 0.6 is 0 Å². The average molecular weight is 297 g/mol. The first-order valence-electron chi connectivity index (χ1n) is 5.63. The van der Waals surface area contributed by atoms with Crippen molar-refractivity contribution in [2.24, 2.45) is 0 Å². The molecular formula is C10H16BF4N3O2. The van der Waals surface area contributed by atoms with E-state index < -0.39 is 7.25 Å². The summed E-state index contributed by atoms with van der Waals surface area (Å²) in [5, 5.41) is 11.4. The first-order chi connectivity index (χ1) is 9.35. The lowest BCUT2D eigenvalue weighted by atomic mass is 10.3. The molecule has 0 saturated carbocycles. The lowest BCUT2D eigenvalue weighted by Crippen LogP contribution is -2.15. The first-order valence-corrected chi connectivity index (χ1v) is 5.63. The summed E-state index contributed by atoms with van der Waals surface area (Å²) >= 11 is 0. The normalized spacial score (nSPS) is 9.25. The van der Waals surface area contributed by atoms with Crippen LogP contribution < -0.4 is 0 Å². The van der Waals surface area contributed by atoms with E-state index in [4.69, 9.17) is 5.39 Å². The SMILES string of the molecule is CCON([N+]#N)OCC.F[B-](F)(F)F.c1ccccc1. The van der Waals surface area contributed by atoms with Gasteiger partial charge in [0.15, 0.2) is 0 Å². The Morgan fingerprint density at radius 1 is 0.900 bits per heavy atom. The molecule has 0 unspecified atom stereocenters. The van der Waals surface area contributed by atoms with Crippen LogP contribution in [0.25, 0.3) is 5.08 Å². The van der Waals surface area contributed by atoms with Crippen LogP contribution in [-0.2, 0) is 9.68 Å². The molecule has 0 heterocycles. The van der Waals surface area contributed by atoms with E-state index in [1.54, 1.807) is 13.8 Å². The van der Waals surface area contributed by atoms with E-state index in [-0.39, 0.29) is 0 Å². The lowest BCUT2D eigenvalue weighted by molar-refractivity contribution is -0.336. The molecule has 20 heavy (non-hydrogen) atoms. The Hall–Kier alpha value is -1.86. The van der Waals surface area contributed by atoms with Crippen molar-refractivity contribution in [3.63, 3.8) is 0 Å². The predicted molar refractivity (Wildman–Crippen MR) is 66.8 cm³/mol. The summed E-state index contributed by atoms with van der Waals surface area (Å²) in [5.74, 6) is 0. The maximum Gasteiger partial charge on any atom is 0.673 e. The quantitative estimate of drug-likeness (QED) is 0.365. The molecule has 0 bridgehead atoms. The molecule has 0 N–H and O–H groups in total. The smallest absolute Gasteiger partial charge is 0.418 e. The van der Waals surface area contributed by atoms with E-state index in [1.807, 2.05) is 36.4 Å². The Morgan fingerprint density at radius 3 is 1.30 bits per heavy atom. The highest BCUT2D eigenvalue weighted by molar-refractivity contribution is 6.50. The summed E-state index contributed by atoms with van der Waals surface area (Å²) in [4.78, 5) is 9.25. The van der Waals surface area contributed by atoms with Gasteiger partial charge in [-0.05, 0) is 13.8 Å². The largest absolute Gasteiger partial charge is 0.673 e. The molecule has 0 aliphatic heterocycles. The summed E-state index contributed by atoms with van der Waals surface area (Å²) in [6, 6.07) is 12.0. The van der Waals surface area contributed by atoms with Gasteiger partial charge in [0.25, 0.3) is 10.7 Å². The van der Waals surface area contributed by atoms with Crippen LogP contribution in [0.5, 0.6) is 0 Å². The van der Waals surface area contributed by atoms with Crippen molar-refractivity contribution >= 4 is 7.25 Å². The van der Waals surface area contributed by atoms with Crippen LogP contribution in [0, 0.1) is 5.39 Å². The molecular weight excluding hydrogens is 281 g/mol. The van der Waals surface area contributed by atoms with Crippen LogP contribution in [0.3, 0.4) is 0 Å². The Balaban J connectivity index is 0. The van der Waals surface area contributed by atoms with Crippen molar-refractivity contribution in [2.75, 3.05) is 13.2 Å². The van der Waals surface area contributed by atoms with Gasteiger partial charge in [0.1, 0.15) is 0 Å². The second-order valence-corrected chi connectivity index (χ2v) is 2.81. The van der Waals surface area contributed by atoms with Crippen LogP contribution in [-0.4, -0.2) is 25.8 Å². The van der Waals surface area contributed by atoms with E-state index in [9.17, 15) is 17.3 Å². The molecule has 5 nitrogen and oxygen atoms in total. The van der Waals surface area contributed by atoms with Gasteiger partial charge in [0.2, 0.25) is 0 Å². The van der Waals surface area contributed by atoms with Crippen LogP contribution in [0.15, 0.2) is 36.4 Å². The standard InChI is InChI=1S/C6H6.C4H10N3O2.BF4/c1-2-4-6-5-3-1;1-3-8-7(6-5)9-4-2;2-1(3,4)5/h1-6H;3-4H2,1-2H3;/q;+1;-1. The van der Waals surface area contributed by atoms with Crippen molar-refractivity contribution in [3.8, 4) is 0 Å². The van der Waals surface area contributed by atoms with Crippen LogP contribution in [0.1, 0.15) is 13.8 Å². The van der Waals surface area contributed by atoms with E-state index in [0.717, 1.165) is 0 Å². The molecule has 0 aromatic heterocycles. The molecule has 0 radical (unpaired) electrons. The molecule has 0 amide bonds. The molecule has 10 heteroatoms. The highest BCUT2D eigenvalue weighted by Crippen LogP contribution is 2.06. The summed E-state index contributed by atoms with van der Waals surface area (Å²) < 4.78 is 39.0. The van der Waals surface area contributed by atoms with Crippen molar-refractivity contribution < 1.29 is 26.9 Å². The predicted octanol–water partition coefficient (Wildman–Crippen LogP) is 3.95. The maximum absolute atomic E-state index is 9.75. The third-order valence-electron chi connectivity index (χ3n) is 1.22. The van der Waals surface area contributed by atoms with Gasteiger partial charge >= 0.3 is 12.3 Å². The molecule has 0 saturated heterocycles. The summed E-state index contributed by atoms with van der Waals surface area (Å²) in [6.07, 6.45) is 0. The highest BCUT2D eigenvalue weighted by Gasteiger charge is 2.20. The molecule has 0 spiro atoms. The van der Waals surface area contributed by atoms with Gasteiger partial charge in [-0.1, -0.05) is 36.4 Å². The second-order valence-electron chi connectivity index (χ2n) is 2.81. The minimum Gasteiger partial charge on any atom is -0.418 e. The fourth-order valence-electron chi connectivity index (χ4n) is 0.695. The topological polar surface area (TPSA) is 49.9 Å². The fourth-order valence-corrected chi connectivity index (χ4v) is 0.695. The minimum absolute atomic E-state index is 0.407. The number of rotatable bonds is 4.